The van der Waals surface area contributed by atoms with Crippen LogP contribution in [0.1, 0.15) is 25.5 Å². The molecule has 1 aromatic heterocycles. The van der Waals surface area contributed by atoms with Gasteiger partial charge in [-0.3, -0.25) is 0 Å². The van der Waals surface area contributed by atoms with E-state index in [1.165, 1.54) is 6.42 Å². The highest BCUT2D eigenvalue weighted by molar-refractivity contribution is 6.31. The number of nitrogens with zero attached hydrogens (tertiary/aromatic N) is 5. The predicted molar refractivity (Wildman–Crippen MR) is 117 cm³/mol. The van der Waals surface area contributed by atoms with Crippen LogP contribution in [0.15, 0.2) is 29.3 Å². The van der Waals surface area contributed by atoms with E-state index in [2.05, 4.69) is 32.1 Å². The van der Waals surface area contributed by atoms with Crippen molar-refractivity contribution in [1.29, 1.82) is 0 Å². The summed E-state index contributed by atoms with van der Waals surface area (Å²) in [7, 11) is 1.81. The summed E-state index contributed by atoms with van der Waals surface area (Å²) in [5.41, 5.74) is 7.82. The molecule has 3 N–H and O–H groups in total. The molecule has 3 rings (SSSR count). The molecule has 1 aliphatic rings. The number of aryl methyl sites for hydroxylation is 1. The van der Waals surface area contributed by atoms with Gasteiger partial charge >= 0.3 is 0 Å². The van der Waals surface area contributed by atoms with Crippen LogP contribution >= 0.6 is 11.6 Å². The molecular formula is C20H28Cl2N7+. The Kier molecular flexibility index (Phi) is 7.16. The summed E-state index contributed by atoms with van der Waals surface area (Å²) in [6.45, 7) is 7.36. The molecule has 0 radical (unpaired) electrons. The fraction of sp³-hybridized carbons (Fsp3) is 0.450. The quantitative estimate of drug-likeness (QED) is 0.553. The van der Waals surface area contributed by atoms with E-state index in [0.29, 0.717) is 22.0 Å². The normalized spacial score (nSPS) is 18.0. The molecule has 1 fully saturated rings. The molecule has 0 aliphatic carbocycles. The Morgan fingerprint density at radius 3 is 2.93 bits per heavy atom. The summed E-state index contributed by atoms with van der Waals surface area (Å²) in [5, 5.41) is 4.63. The van der Waals surface area contributed by atoms with E-state index in [4.69, 9.17) is 28.9 Å². The van der Waals surface area contributed by atoms with Crippen molar-refractivity contribution >= 4 is 35.0 Å². The molecule has 156 valence electrons. The van der Waals surface area contributed by atoms with Gasteiger partial charge in [0.1, 0.15) is 10.8 Å². The fourth-order valence-corrected chi connectivity index (χ4v) is 3.66. The highest BCUT2D eigenvalue weighted by Crippen LogP contribution is 2.23. The standard InChI is InChI=1S/C20H28Cl2N7/c1-4-29-9-5-6-14(12-29)25-18-10-13(2)24-20(26-18)27-19(23)28(3)15-7-8-16(21)17(22)11-15/h7-8,10-11,14,22H,4-6,9,12H2,1-3H3,(H3,23,24,25,26,27)/q+1/t14-/m1/s1. The number of hydrogen-bond donors (Lipinski definition) is 2. The van der Waals surface area contributed by atoms with E-state index in [9.17, 15) is 0 Å². The summed E-state index contributed by atoms with van der Waals surface area (Å²) in [4.78, 5) is 17.5. The topological polar surface area (TPSA) is 82.7 Å². The molecule has 2 aromatic rings. The van der Waals surface area contributed by atoms with E-state index in [1.54, 1.807) is 17.0 Å². The molecule has 0 saturated carbocycles. The lowest BCUT2D eigenvalue weighted by atomic mass is 10.1. The van der Waals surface area contributed by atoms with Gasteiger partial charge in [-0.05, 0) is 45.0 Å². The molecular weight excluding hydrogens is 409 g/mol. The Labute approximate surface area is 181 Å². The number of benzene rings is 1. The van der Waals surface area contributed by atoms with Gasteiger partial charge < -0.3 is 20.9 Å². The zero-order chi connectivity index (χ0) is 21.0. The molecule has 1 aliphatic heterocycles. The Balaban J connectivity index is 1.76. The number of nitrogens with one attached hydrogen (secondary N) is 1. The van der Waals surface area contributed by atoms with Gasteiger partial charge in [0.05, 0.1) is 0 Å². The first kappa shape index (κ1) is 21.6. The van der Waals surface area contributed by atoms with E-state index in [0.717, 1.165) is 43.3 Å². The van der Waals surface area contributed by atoms with Crippen LogP contribution in [0.3, 0.4) is 0 Å². The molecule has 0 bridgehead atoms. The molecule has 1 aromatic carbocycles. The van der Waals surface area contributed by atoms with E-state index in [1.807, 2.05) is 26.1 Å². The van der Waals surface area contributed by atoms with Crippen molar-refractivity contribution in [2.24, 2.45) is 10.7 Å². The number of likely N-dealkylation sites (N-methyl/N-ethyl adjacent to an activating group) is 1. The Morgan fingerprint density at radius 1 is 1.41 bits per heavy atom. The number of likely N-dealkylation sites (tertiary alicyclic amines) is 1. The maximum Gasteiger partial charge on any atom is 0.254 e. The van der Waals surface area contributed by atoms with Gasteiger partial charge in [-0.25, -0.2) is 4.98 Å². The molecule has 1 atom stereocenters. The average Bonchev–Trinajstić information content (AvgIpc) is 2.69. The van der Waals surface area contributed by atoms with Crippen LogP contribution in [0.2, 0.25) is 10.0 Å². The number of anilines is 2. The van der Waals surface area contributed by atoms with Crippen LogP contribution in [-0.4, -0.2) is 53.6 Å². The maximum atomic E-state index is 6.19. The SMILES string of the molecule is CCN1CCC[C@@H](Nc2cc(C)nc(N=C(N)N(C)c3ccc(Cl)c([ClH+])c3)n2)C1. The number of nitrogens with two attached hydrogens (primary N) is 1. The number of guanidine groups is 1. The summed E-state index contributed by atoms with van der Waals surface area (Å²) in [5.74, 6) is 1.37. The van der Waals surface area contributed by atoms with Crippen molar-refractivity contribution in [3.63, 3.8) is 0 Å². The van der Waals surface area contributed by atoms with E-state index in [-0.39, 0.29) is 5.96 Å². The third-order valence-corrected chi connectivity index (χ3v) is 5.79. The largest absolute Gasteiger partial charge is 0.369 e. The molecule has 7 nitrogen and oxygen atoms in total. The minimum atomic E-state index is 0.271. The van der Waals surface area contributed by atoms with Gasteiger partial charge in [-0.2, -0.15) is 9.98 Å². The predicted octanol–water partition coefficient (Wildman–Crippen LogP) is 3.11. The van der Waals surface area contributed by atoms with E-state index >= 15 is 0 Å². The second-order valence-corrected chi connectivity index (χ2v) is 8.06. The maximum absolute atomic E-state index is 6.19. The number of hydrogen-bond acceptors (Lipinski definition) is 5. The monoisotopic (exact) mass is 436 g/mol. The Bertz CT molecular complexity index is 887. The van der Waals surface area contributed by atoms with Crippen molar-refractivity contribution in [1.82, 2.24) is 14.9 Å². The van der Waals surface area contributed by atoms with Gasteiger partial charge in [-0.15, -0.1) is 0 Å². The molecule has 2 heterocycles. The molecule has 0 spiro atoms. The second kappa shape index (κ2) is 9.61. The third kappa shape index (κ3) is 5.72. The highest BCUT2D eigenvalue weighted by atomic mass is 35.5. The highest BCUT2D eigenvalue weighted by Gasteiger charge is 2.19. The Hall–Kier alpha value is -2.09. The third-order valence-electron chi connectivity index (χ3n) is 5.01. The van der Waals surface area contributed by atoms with Crippen LogP contribution in [-0.2, 0) is 0 Å². The molecule has 9 heteroatoms. The lowest BCUT2D eigenvalue weighted by Gasteiger charge is -2.32. The summed E-state index contributed by atoms with van der Waals surface area (Å²) in [6, 6.07) is 7.68. The van der Waals surface area contributed by atoms with Gasteiger partial charge in [0.2, 0.25) is 11.0 Å². The molecule has 0 amide bonds. The first-order valence-electron chi connectivity index (χ1n) is 9.74. The van der Waals surface area contributed by atoms with Crippen molar-refractivity contribution < 1.29 is 11.6 Å². The summed E-state index contributed by atoms with van der Waals surface area (Å²) >= 11 is 11.2. The van der Waals surface area contributed by atoms with Crippen LogP contribution in [0.4, 0.5) is 17.5 Å². The zero-order valence-corrected chi connectivity index (χ0v) is 18.6. The Morgan fingerprint density at radius 2 is 2.21 bits per heavy atom. The molecule has 0 unspecified atom stereocenters. The minimum Gasteiger partial charge on any atom is -0.369 e. The van der Waals surface area contributed by atoms with Crippen molar-refractivity contribution in [3.8, 4) is 0 Å². The van der Waals surface area contributed by atoms with Gasteiger partial charge in [0, 0.05) is 43.1 Å². The van der Waals surface area contributed by atoms with E-state index < -0.39 is 0 Å². The first-order chi connectivity index (χ1) is 13.9. The summed E-state index contributed by atoms with van der Waals surface area (Å²) in [6.07, 6.45) is 2.31. The van der Waals surface area contributed by atoms with Crippen LogP contribution < -0.4 is 16.0 Å². The number of halogens is 2. The van der Waals surface area contributed by atoms with Crippen molar-refractivity contribution in [2.75, 3.05) is 36.9 Å². The van der Waals surface area contributed by atoms with Crippen LogP contribution in [0.5, 0.6) is 0 Å². The number of rotatable bonds is 5. The van der Waals surface area contributed by atoms with Crippen molar-refractivity contribution in [2.45, 2.75) is 32.7 Å². The zero-order valence-electron chi connectivity index (χ0n) is 17.0. The fourth-order valence-electron chi connectivity index (χ4n) is 3.36. The van der Waals surface area contributed by atoms with Gasteiger partial charge in [0.25, 0.3) is 5.95 Å². The molecule has 29 heavy (non-hydrogen) atoms. The number of aliphatic imine (C=N–C) groups is 1. The molecule has 1 saturated heterocycles. The number of aromatic nitrogens is 2. The lowest BCUT2D eigenvalue weighted by Crippen LogP contribution is -2.42. The smallest absolute Gasteiger partial charge is 0.254 e. The minimum absolute atomic E-state index is 0.271. The lowest BCUT2D eigenvalue weighted by molar-refractivity contribution is -0.288. The second-order valence-electron chi connectivity index (χ2n) is 7.22. The van der Waals surface area contributed by atoms with Gasteiger partial charge in [0.15, 0.2) is 11.6 Å². The van der Waals surface area contributed by atoms with Crippen LogP contribution in [0.25, 0.3) is 0 Å². The van der Waals surface area contributed by atoms with Crippen LogP contribution in [0, 0.1) is 18.5 Å². The van der Waals surface area contributed by atoms with Gasteiger partial charge in [-0.1, -0.05) is 18.5 Å². The number of piperidine rings is 1. The van der Waals surface area contributed by atoms with Crippen molar-refractivity contribution in [3.05, 3.63) is 40.0 Å². The average molecular weight is 437 g/mol. The summed E-state index contributed by atoms with van der Waals surface area (Å²) < 4.78 is 0. The first-order valence-corrected chi connectivity index (χ1v) is 10.5.